The predicted octanol–water partition coefficient (Wildman–Crippen LogP) is 0.720. The number of nitrogens with one attached hydrogen (secondary N) is 2. The molecule has 0 aliphatic carbocycles. The number of Topliss-reactive ketones (excluding diaryl/α,β-unsaturated/α-hetero) is 1. The van der Waals surface area contributed by atoms with Gasteiger partial charge in [0.25, 0.3) is 5.91 Å². The molecule has 0 aliphatic rings. The number of amides is 1. The van der Waals surface area contributed by atoms with Crippen molar-refractivity contribution in [3.05, 3.63) is 34.2 Å². The summed E-state index contributed by atoms with van der Waals surface area (Å²) in [5.74, 6) is -0.482. The maximum atomic E-state index is 11.6. The first kappa shape index (κ1) is 13.2. The van der Waals surface area contributed by atoms with Crippen LogP contribution >= 0.6 is 0 Å². The van der Waals surface area contributed by atoms with E-state index in [1.807, 2.05) is 0 Å². The smallest absolute Gasteiger partial charge is 0.251 e. The van der Waals surface area contributed by atoms with Crippen LogP contribution in [0.5, 0.6) is 0 Å². The van der Waals surface area contributed by atoms with Crippen LogP contribution in [0.4, 0.5) is 0 Å². The quantitative estimate of drug-likeness (QED) is 0.811. The predicted molar refractivity (Wildman–Crippen MR) is 63.9 cm³/mol. The molecule has 5 nitrogen and oxygen atoms in total. The Morgan fingerprint density at radius 2 is 2.00 bits per heavy atom. The summed E-state index contributed by atoms with van der Waals surface area (Å²) in [4.78, 5) is 36.6. The maximum absolute atomic E-state index is 11.6. The minimum atomic E-state index is -0.485. The molecule has 0 aromatic carbocycles. The second-order valence-electron chi connectivity index (χ2n) is 4.80. The summed E-state index contributed by atoms with van der Waals surface area (Å²) in [7, 11) is 0. The first-order valence-corrected chi connectivity index (χ1v) is 5.31. The monoisotopic (exact) mass is 236 g/mol. The highest BCUT2D eigenvalue weighted by Gasteiger charge is 2.21. The standard InChI is InChI=1S/C12H16N2O3/c1-12(2,3)9(15)7-14-11(17)8-4-5-13-10(16)6-8/h4-6H,7H2,1-3H3,(H,13,16)(H,14,17). The second-order valence-corrected chi connectivity index (χ2v) is 4.80. The van der Waals surface area contributed by atoms with Gasteiger partial charge in [-0.2, -0.15) is 0 Å². The molecule has 0 atom stereocenters. The van der Waals surface area contributed by atoms with Gasteiger partial charge in [-0.3, -0.25) is 14.4 Å². The van der Waals surface area contributed by atoms with Crippen molar-refractivity contribution in [1.29, 1.82) is 0 Å². The molecule has 1 amide bonds. The lowest BCUT2D eigenvalue weighted by atomic mass is 9.91. The van der Waals surface area contributed by atoms with E-state index in [4.69, 9.17) is 0 Å². The van der Waals surface area contributed by atoms with Crippen molar-refractivity contribution in [2.75, 3.05) is 6.54 Å². The molecule has 1 aromatic rings. The van der Waals surface area contributed by atoms with E-state index in [-0.39, 0.29) is 23.5 Å². The molecule has 1 heterocycles. The van der Waals surface area contributed by atoms with Crippen LogP contribution in [-0.2, 0) is 4.79 Å². The van der Waals surface area contributed by atoms with Crippen LogP contribution in [0.1, 0.15) is 31.1 Å². The zero-order valence-corrected chi connectivity index (χ0v) is 10.2. The fourth-order valence-corrected chi connectivity index (χ4v) is 1.11. The summed E-state index contributed by atoms with van der Waals surface area (Å²) in [6.07, 6.45) is 1.39. The van der Waals surface area contributed by atoms with Crippen molar-refractivity contribution >= 4 is 11.7 Å². The Labute approximate surface area is 99.2 Å². The van der Waals surface area contributed by atoms with Gasteiger partial charge in [0.15, 0.2) is 5.78 Å². The van der Waals surface area contributed by atoms with E-state index < -0.39 is 11.3 Å². The van der Waals surface area contributed by atoms with Gasteiger partial charge in [0.2, 0.25) is 5.56 Å². The normalized spacial score (nSPS) is 11.0. The lowest BCUT2D eigenvalue weighted by molar-refractivity contribution is -0.125. The first-order chi connectivity index (χ1) is 7.80. The van der Waals surface area contributed by atoms with Crippen molar-refractivity contribution < 1.29 is 9.59 Å². The maximum Gasteiger partial charge on any atom is 0.251 e. The lowest BCUT2D eigenvalue weighted by Crippen LogP contribution is -2.35. The molecule has 5 heteroatoms. The van der Waals surface area contributed by atoms with Gasteiger partial charge in [-0.1, -0.05) is 20.8 Å². The minimum Gasteiger partial charge on any atom is -0.345 e. The van der Waals surface area contributed by atoms with Gasteiger partial charge < -0.3 is 10.3 Å². The molecule has 0 saturated heterocycles. The molecule has 0 spiro atoms. The Morgan fingerprint density at radius 3 is 2.53 bits per heavy atom. The van der Waals surface area contributed by atoms with Gasteiger partial charge in [-0.15, -0.1) is 0 Å². The average Bonchev–Trinajstić information content (AvgIpc) is 2.24. The van der Waals surface area contributed by atoms with Crippen molar-refractivity contribution in [3.8, 4) is 0 Å². The number of aromatic amines is 1. The molecule has 0 saturated carbocycles. The van der Waals surface area contributed by atoms with Crippen LogP contribution in [0.15, 0.2) is 23.1 Å². The fourth-order valence-electron chi connectivity index (χ4n) is 1.11. The Hall–Kier alpha value is -1.91. The number of ketones is 1. The molecule has 1 rings (SSSR count). The van der Waals surface area contributed by atoms with E-state index >= 15 is 0 Å². The van der Waals surface area contributed by atoms with E-state index in [9.17, 15) is 14.4 Å². The number of pyridine rings is 1. The topological polar surface area (TPSA) is 79.0 Å². The second kappa shape index (κ2) is 4.95. The molecule has 92 valence electrons. The largest absolute Gasteiger partial charge is 0.345 e. The Kier molecular flexibility index (Phi) is 3.83. The van der Waals surface area contributed by atoms with Crippen molar-refractivity contribution in [2.24, 2.45) is 5.41 Å². The summed E-state index contributed by atoms with van der Waals surface area (Å²) in [5.41, 5.74) is -0.586. The summed E-state index contributed by atoms with van der Waals surface area (Å²) >= 11 is 0. The highest BCUT2D eigenvalue weighted by atomic mass is 16.2. The third-order valence-electron chi connectivity index (χ3n) is 2.28. The molecule has 2 N–H and O–H groups in total. The Bertz CT molecular complexity index is 483. The zero-order valence-electron chi connectivity index (χ0n) is 10.2. The molecule has 17 heavy (non-hydrogen) atoms. The van der Waals surface area contributed by atoms with Gasteiger partial charge in [-0.25, -0.2) is 0 Å². The van der Waals surface area contributed by atoms with E-state index in [2.05, 4.69) is 10.3 Å². The van der Waals surface area contributed by atoms with Crippen molar-refractivity contribution in [2.45, 2.75) is 20.8 Å². The van der Waals surface area contributed by atoms with Gasteiger partial charge in [0, 0.05) is 23.2 Å². The molecule has 0 unspecified atom stereocenters. The number of aromatic nitrogens is 1. The van der Waals surface area contributed by atoms with Crippen LogP contribution in [0.25, 0.3) is 0 Å². The minimum absolute atomic E-state index is 0.0326. The Balaban J connectivity index is 2.63. The zero-order chi connectivity index (χ0) is 13.1. The summed E-state index contributed by atoms with van der Waals surface area (Å²) < 4.78 is 0. The fraction of sp³-hybridized carbons (Fsp3) is 0.417. The van der Waals surface area contributed by atoms with E-state index in [1.165, 1.54) is 18.3 Å². The number of hydrogen-bond donors (Lipinski definition) is 2. The van der Waals surface area contributed by atoms with Crippen LogP contribution in [-0.4, -0.2) is 23.2 Å². The van der Waals surface area contributed by atoms with Crippen LogP contribution in [0.2, 0.25) is 0 Å². The summed E-state index contributed by atoms with van der Waals surface area (Å²) in [6.45, 7) is 5.33. The molecule has 1 aromatic heterocycles. The van der Waals surface area contributed by atoms with E-state index in [0.717, 1.165) is 0 Å². The molecular formula is C12H16N2O3. The van der Waals surface area contributed by atoms with Crippen LogP contribution < -0.4 is 10.9 Å². The average molecular weight is 236 g/mol. The molecular weight excluding hydrogens is 220 g/mol. The number of carbonyl (C=O) groups is 2. The van der Waals surface area contributed by atoms with Gasteiger partial charge in [-0.05, 0) is 6.07 Å². The molecule has 0 aliphatic heterocycles. The van der Waals surface area contributed by atoms with Gasteiger partial charge >= 0.3 is 0 Å². The van der Waals surface area contributed by atoms with E-state index in [1.54, 1.807) is 20.8 Å². The number of hydrogen-bond acceptors (Lipinski definition) is 3. The SMILES string of the molecule is CC(C)(C)C(=O)CNC(=O)c1cc[nH]c(=O)c1. The number of carbonyl (C=O) groups excluding carboxylic acids is 2. The van der Waals surface area contributed by atoms with Crippen molar-refractivity contribution in [3.63, 3.8) is 0 Å². The van der Waals surface area contributed by atoms with E-state index in [0.29, 0.717) is 0 Å². The number of H-pyrrole nitrogens is 1. The lowest BCUT2D eigenvalue weighted by Gasteiger charge is -2.16. The highest BCUT2D eigenvalue weighted by molar-refractivity contribution is 5.97. The summed E-state index contributed by atoms with van der Waals surface area (Å²) in [5, 5.41) is 2.49. The van der Waals surface area contributed by atoms with Crippen molar-refractivity contribution in [1.82, 2.24) is 10.3 Å². The van der Waals surface area contributed by atoms with Crippen LogP contribution in [0.3, 0.4) is 0 Å². The van der Waals surface area contributed by atoms with Gasteiger partial charge in [0.1, 0.15) is 0 Å². The molecule has 0 fully saturated rings. The Morgan fingerprint density at radius 1 is 1.35 bits per heavy atom. The molecule has 0 bridgehead atoms. The highest BCUT2D eigenvalue weighted by Crippen LogP contribution is 2.13. The third kappa shape index (κ3) is 3.86. The van der Waals surface area contributed by atoms with Gasteiger partial charge in [0.05, 0.1) is 6.54 Å². The number of rotatable bonds is 3. The molecule has 0 radical (unpaired) electrons. The first-order valence-electron chi connectivity index (χ1n) is 5.31. The van der Waals surface area contributed by atoms with Crippen LogP contribution in [0, 0.1) is 5.41 Å². The summed E-state index contributed by atoms with van der Waals surface area (Å²) in [6, 6.07) is 2.68. The third-order valence-corrected chi connectivity index (χ3v) is 2.28.